The number of amides is 2. The first-order valence-electron chi connectivity index (χ1n) is 16.3. The van der Waals surface area contributed by atoms with E-state index < -0.39 is 46.5 Å². The van der Waals surface area contributed by atoms with Crippen LogP contribution in [0.2, 0.25) is 10.0 Å². The Balaban J connectivity index is 1.40. The van der Waals surface area contributed by atoms with Gasteiger partial charge in [0, 0.05) is 16.5 Å². The van der Waals surface area contributed by atoms with Crippen molar-refractivity contribution in [3.8, 4) is 17.2 Å². The molecule has 1 saturated heterocycles. The molecule has 0 spiro atoms. The lowest BCUT2D eigenvalue weighted by Gasteiger charge is -2.49. The SMILES string of the molecule is COc1ccc(C23C(=O)N(Nc4ccc(Cl)cc4Cl)C(=O)C2CC2C(=CCn4c(=O)n(-c5ccccc5)c(=O)n42)C3c2cccc(C)c2O)cc1. The molecule has 2 N–H and O–H groups in total. The number of carbonyl (C=O) groups is 2. The minimum Gasteiger partial charge on any atom is -0.507 e. The molecule has 3 aliphatic rings. The van der Waals surface area contributed by atoms with Crippen molar-refractivity contribution in [3.05, 3.63) is 150 Å². The summed E-state index contributed by atoms with van der Waals surface area (Å²) in [5.74, 6) is -2.65. The largest absolute Gasteiger partial charge is 0.507 e. The highest BCUT2D eigenvalue weighted by molar-refractivity contribution is 6.36. The van der Waals surface area contributed by atoms with E-state index in [0.717, 1.165) is 9.58 Å². The number of aryl methyl sites for hydroxylation is 1. The third-order valence-electron chi connectivity index (χ3n) is 10.4. The number of phenols is 1. The molecular formula is C38H31Cl2N5O6. The summed E-state index contributed by atoms with van der Waals surface area (Å²) in [6.07, 6.45) is 1.84. The molecule has 2 fully saturated rings. The number of nitrogens with one attached hydrogen (secondary N) is 1. The summed E-state index contributed by atoms with van der Waals surface area (Å²) in [4.78, 5) is 58.3. The summed E-state index contributed by atoms with van der Waals surface area (Å²) >= 11 is 12.7. The number of anilines is 1. The van der Waals surface area contributed by atoms with Crippen LogP contribution in [0.25, 0.3) is 5.69 Å². The first-order valence-corrected chi connectivity index (χ1v) is 17.1. The second kappa shape index (κ2) is 12.1. The molecule has 258 valence electrons. The van der Waals surface area contributed by atoms with Crippen LogP contribution in [-0.4, -0.2) is 43.0 Å². The number of aromatic hydroxyl groups is 1. The van der Waals surface area contributed by atoms with Crippen LogP contribution in [0.4, 0.5) is 5.69 Å². The topological polar surface area (TPSA) is 128 Å². The van der Waals surface area contributed by atoms with Crippen LogP contribution in [0.15, 0.2) is 112 Å². The van der Waals surface area contributed by atoms with Crippen LogP contribution in [0.1, 0.15) is 35.1 Å². The summed E-state index contributed by atoms with van der Waals surface area (Å²) in [6, 6.07) is 24.7. The fourth-order valence-corrected chi connectivity index (χ4v) is 8.61. The Morgan fingerprint density at radius 2 is 1.65 bits per heavy atom. The van der Waals surface area contributed by atoms with E-state index in [-0.39, 0.29) is 29.4 Å². The van der Waals surface area contributed by atoms with Gasteiger partial charge in [-0.1, -0.05) is 77.8 Å². The summed E-state index contributed by atoms with van der Waals surface area (Å²) in [5, 5.41) is 13.3. The van der Waals surface area contributed by atoms with Crippen LogP contribution >= 0.6 is 23.2 Å². The number of ether oxygens (including phenoxy) is 1. The van der Waals surface area contributed by atoms with Gasteiger partial charge in [-0.05, 0) is 72.5 Å². The highest BCUT2D eigenvalue weighted by Crippen LogP contribution is 2.63. The van der Waals surface area contributed by atoms with Crippen molar-refractivity contribution in [1.82, 2.24) is 18.9 Å². The third-order valence-corrected chi connectivity index (χ3v) is 11.0. The third kappa shape index (κ3) is 4.71. The van der Waals surface area contributed by atoms with E-state index in [2.05, 4.69) is 5.43 Å². The Labute approximate surface area is 301 Å². The maximum Gasteiger partial charge on any atom is 0.352 e. The maximum atomic E-state index is 15.3. The lowest BCUT2D eigenvalue weighted by Crippen LogP contribution is -2.53. The Morgan fingerprint density at radius 3 is 2.35 bits per heavy atom. The number of imide groups is 1. The van der Waals surface area contributed by atoms with Gasteiger partial charge in [-0.25, -0.2) is 23.5 Å². The first-order chi connectivity index (χ1) is 24.6. The van der Waals surface area contributed by atoms with Crippen LogP contribution < -0.4 is 21.5 Å². The first kappa shape index (κ1) is 32.7. The quantitative estimate of drug-likeness (QED) is 0.169. The molecule has 51 heavy (non-hydrogen) atoms. The Hall–Kier alpha value is -5.52. The number of benzene rings is 4. The number of rotatable bonds is 6. The van der Waals surface area contributed by atoms with Crippen LogP contribution in [0.3, 0.4) is 0 Å². The van der Waals surface area contributed by atoms with E-state index in [1.165, 1.54) is 22.5 Å². The van der Waals surface area contributed by atoms with E-state index in [4.69, 9.17) is 27.9 Å². The summed E-state index contributed by atoms with van der Waals surface area (Å²) < 4.78 is 9.32. The fraction of sp³-hybridized carbons (Fsp3) is 0.211. The van der Waals surface area contributed by atoms with Gasteiger partial charge in [-0.2, -0.15) is 5.01 Å². The number of hydrazine groups is 1. The number of hydrogen-bond acceptors (Lipinski definition) is 7. The zero-order valence-corrected chi connectivity index (χ0v) is 28.9. The van der Waals surface area contributed by atoms with Gasteiger partial charge >= 0.3 is 11.4 Å². The predicted octanol–water partition coefficient (Wildman–Crippen LogP) is 5.75. The van der Waals surface area contributed by atoms with E-state index in [0.29, 0.717) is 38.7 Å². The van der Waals surface area contributed by atoms with Crippen molar-refractivity contribution in [2.45, 2.75) is 37.3 Å². The molecule has 13 heteroatoms. The van der Waals surface area contributed by atoms with Gasteiger partial charge < -0.3 is 9.84 Å². The molecule has 1 saturated carbocycles. The van der Waals surface area contributed by atoms with Crippen molar-refractivity contribution >= 4 is 40.7 Å². The number of aromatic nitrogens is 3. The smallest absolute Gasteiger partial charge is 0.352 e. The van der Waals surface area contributed by atoms with Crippen molar-refractivity contribution < 1.29 is 19.4 Å². The Bertz CT molecular complexity index is 2400. The number of phenolic OH excluding ortho intramolecular Hbond substituents is 1. The standard InChI is InChI=1S/C38H31Cl2N5O6/c1-21-7-6-10-27(33(21)46)32-26-17-18-42-36(49)43(24-8-4-3-5-9-24)37(50)45(42)31(26)20-28-34(47)44(41-30-16-13-23(39)19-29(30)40)35(48)38(28,32)22-11-14-25(51-2)15-12-22/h3-17,19,28,31-32,41,46H,18,20H2,1-2H3. The second-order valence-electron chi connectivity index (χ2n) is 12.9. The minimum absolute atomic E-state index is 0.00378. The molecule has 4 unspecified atom stereocenters. The van der Waals surface area contributed by atoms with Crippen molar-refractivity contribution in [1.29, 1.82) is 0 Å². The van der Waals surface area contributed by atoms with Gasteiger partial charge in [-0.3, -0.25) is 15.0 Å². The lowest BCUT2D eigenvalue weighted by molar-refractivity contribution is -0.138. The summed E-state index contributed by atoms with van der Waals surface area (Å²) in [6.45, 7) is 1.78. The van der Waals surface area contributed by atoms with Crippen molar-refractivity contribution in [2.24, 2.45) is 5.92 Å². The molecule has 4 aromatic carbocycles. The van der Waals surface area contributed by atoms with Gasteiger partial charge in [0.2, 0.25) is 0 Å². The van der Waals surface area contributed by atoms with Crippen LogP contribution in [-0.2, 0) is 21.5 Å². The van der Waals surface area contributed by atoms with Crippen LogP contribution in [0.5, 0.6) is 11.5 Å². The second-order valence-corrected chi connectivity index (χ2v) is 13.8. The highest BCUT2D eigenvalue weighted by atomic mass is 35.5. The number of nitrogens with zero attached hydrogens (tertiary/aromatic N) is 4. The average molecular weight is 725 g/mol. The summed E-state index contributed by atoms with van der Waals surface area (Å²) in [7, 11) is 1.53. The van der Waals surface area contributed by atoms with Gasteiger partial charge in [0.05, 0.1) is 47.4 Å². The zero-order valence-electron chi connectivity index (χ0n) is 27.4. The zero-order chi connectivity index (χ0) is 35.8. The number of carbonyl (C=O) groups excluding carboxylic acids is 2. The highest BCUT2D eigenvalue weighted by Gasteiger charge is 2.69. The number of fused-ring (bicyclic) bond motifs is 4. The Morgan fingerprint density at radius 1 is 0.902 bits per heavy atom. The molecule has 2 amide bonds. The lowest BCUT2D eigenvalue weighted by atomic mass is 9.53. The monoisotopic (exact) mass is 723 g/mol. The fourth-order valence-electron chi connectivity index (χ4n) is 8.16. The minimum atomic E-state index is -1.61. The van der Waals surface area contributed by atoms with Crippen molar-refractivity contribution in [3.63, 3.8) is 0 Å². The van der Waals surface area contributed by atoms with Gasteiger partial charge in [0.25, 0.3) is 11.8 Å². The molecule has 0 bridgehead atoms. The average Bonchev–Trinajstić information content (AvgIpc) is 3.51. The summed E-state index contributed by atoms with van der Waals surface area (Å²) in [5.41, 5.74) is 3.04. The molecule has 1 aliphatic carbocycles. The number of halogens is 2. The maximum absolute atomic E-state index is 15.3. The molecule has 5 aromatic rings. The number of para-hydroxylation sites is 2. The van der Waals surface area contributed by atoms with E-state index in [1.54, 1.807) is 91.9 Å². The molecule has 0 radical (unpaired) electrons. The molecule has 11 nitrogen and oxygen atoms in total. The molecule has 2 aliphatic heterocycles. The van der Waals surface area contributed by atoms with Gasteiger partial charge in [-0.15, -0.1) is 0 Å². The van der Waals surface area contributed by atoms with E-state index >= 15 is 4.79 Å². The number of hydrogen-bond donors (Lipinski definition) is 2. The van der Waals surface area contributed by atoms with E-state index in [1.807, 2.05) is 6.08 Å². The number of allylic oxidation sites excluding steroid dienone is 2. The molecule has 1 aromatic heterocycles. The molecular weight excluding hydrogens is 693 g/mol. The van der Waals surface area contributed by atoms with Gasteiger partial charge in [0.1, 0.15) is 11.5 Å². The molecule has 8 rings (SSSR count). The van der Waals surface area contributed by atoms with Gasteiger partial charge in [0.15, 0.2) is 0 Å². The molecule has 4 atom stereocenters. The Kier molecular flexibility index (Phi) is 7.73. The predicted molar refractivity (Wildman–Crippen MR) is 192 cm³/mol. The normalized spacial score (nSPS) is 22.2. The van der Waals surface area contributed by atoms with Crippen molar-refractivity contribution in [2.75, 3.05) is 12.5 Å². The van der Waals surface area contributed by atoms with Crippen LogP contribution in [0, 0.1) is 12.8 Å². The van der Waals surface area contributed by atoms with E-state index in [9.17, 15) is 19.5 Å². The number of methoxy groups -OCH3 is 1. The molecule has 3 heterocycles.